The van der Waals surface area contributed by atoms with E-state index in [2.05, 4.69) is 37.4 Å². The van der Waals surface area contributed by atoms with Gasteiger partial charge in [0.15, 0.2) is 0 Å². The van der Waals surface area contributed by atoms with E-state index in [4.69, 9.17) is 9.47 Å². The van der Waals surface area contributed by atoms with Crippen molar-refractivity contribution < 1.29 is 9.47 Å². The van der Waals surface area contributed by atoms with Gasteiger partial charge in [-0.1, -0.05) is 24.3 Å². The second-order valence-corrected chi connectivity index (χ2v) is 5.13. The third-order valence-electron chi connectivity index (χ3n) is 3.04. The summed E-state index contributed by atoms with van der Waals surface area (Å²) in [6, 6.07) is 8.32. The fourth-order valence-electron chi connectivity index (χ4n) is 2.28. The number of hydrogen-bond acceptors (Lipinski definition) is 3. The molecular weight excluding hydrogens is 214 g/mol. The highest BCUT2D eigenvalue weighted by molar-refractivity contribution is 5.29. The molecule has 94 valence electrons. The minimum absolute atomic E-state index is 0.108. The Bertz CT molecular complexity index is 376. The van der Waals surface area contributed by atoms with Crippen LogP contribution in [0.15, 0.2) is 24.3 Å². The van der Waals surface area contributed by atoms with Gasteiger partial charge in [-0.2, -0.15) is 0 Å². The number of ether oxygens (including phenoxy) is 2. The molecule has 0 aliphatic carbocycles. The molecule has 0 radical (unpaired) electrons. The first-order chi connectivity index (χ1) is 8.12. The van der Waals surface area contributed by atoms with Crippen molar-refractivity contribution in [1.29, 1.82) is 0 Å². The SMILES string of the molecule is COCc1ccccc1C1CNCC(C)(C)O1. The van der Waals surface area contributed by atoms with Crippen molar-refractivity contribution in [2.45, 2.75) is 32.2 Å². The summed E-state index contributed by atoms with van der Waals surface area (Å²) >= 11 is 0. The zero-order valence-electron chi connectivity index (χ0n) is 10.8. The van der Waals surface area contributed by atoms with Crippen LogP contribution in [-0.4, -0.2) is 25.8 Å². The van der Waals surface area contributed by atoms with Gasteiger partial charge < -0.3 is 14.8 Å². The predicted octanol–water partition coefficient (Wildman–Crippen LogP) is 2.27. The zero-order chi connectivity index (χ0) is 12.3. The van der Waals surface area contributed by atoms with Crippen molar-refractivity contribution in [3.05, 3.63) is 35.4 Å². The van der Waals surface area contributed by atoms with Crippen LogP contribution in [0.5, 0.6) is 0 Å². The lowest BCUT2D eigenvalue weighted by Gasteiger charge is -2.37. The van der Waals surface area contributed by atoms with Crippen LogP contribution in [0.4, 0.5) is 0 Å². The van der Waals surface area contributed by atoms with E-state index in [1.165, 1.54) is 11.1 Å². The Kier molecular flexibility index (Phi) is 3.82. The van der Waals surface area contributed by atoms with E-state index in [0.717, 1.165) is 13.1 Å². The molecule has 0 aromatic heterocycles. The van der Waals surface area contributed by atoms with Gasteiger partial charge in [-0.05, 0) is 25.0 Å². The van der Waals surface area contributed by atoms with E-state index in [9.17, 15) is 0 Å². The zero-order valence-corrected chi connectivity index (χ0v) is 10.8. The van der Waals surface area contributed by atoms with E-state index >= 15 is 0 Å². The molecule has 0 bridgehead atoms. The average Bonchev–Trinajstić information content (AvgIpc) is 2.29. The minimum atomic E-state index is -0.108. The second kappa shape index (κ2) is 5.17. The molecule has 1 heterocycles. The first-order valence-electron chi connectivity index (χ1n) is 6.08. The summed E-state index contributed by atoms with van der Waals surface area (Å²) in [4.78, 5) is 0. The maximum Gasteiger partial charge on any atom is 0.0960 e. The summed E-state index contributed by atoms with van der Waals surface area (Å²) < 4.78 is 11.4. The molecule has 1 aromatic carbocycles. The van der Waals surface area contributed by atoms with Crippen LogP contribution in [0.3, 0.4) is 0 Å². The maximum absolute atomic E-state index is 6.13. The van der Waals surface area contributed by atoms with E-state index in [1.807, 2.05) is 6.07 Å². The van der Waals surface area contributed by atoms with Gasteiger partial charge in [0.25, 0.3) is 0 Å². The molecule has 0 spiro atoms. The Balaban J connectivity index is 2.21. The molecule has 1 aromatic rings. The van der Waals surface area contributed by atoms with Gasteiger partial charge in [0, 0.05) is 20.2 Å². The van der Waals surface area contributed by atoms with Crippen LogP contribution < -0.4 is 5.32 Å². The van der Waals surface area contributed by atoms with Crippen molar-refractivity contribution in [2.24, 2.45) is 0 Å². The van der Waals surface area contributed by atoms with E-state index in [0.29, 0.717) is 6.61 Å². The molecule has 0 amide bonds. The van der Waals surface area contributed by atoms with Crippen molar-refractivity contribution in [2.75, 3.05) is 20.2 Å². The summed E-state index contributed by atoms with van der Waals surface area (Å²) in [5.74, 6) is 0. The highest BCUT2D eigenvalue weighted by atomic mass is 16.5. The quantitative estimate of drug-likeness (QED) is 0.872. The van der Waals surface area contributed by atoms with Crippen LogP contribution in [0.25, 0.3) is 0 Å². The van der Waals surface area contributed by atoms with Crippen molar-refractivity contribution in [3.63, 3.8) is 0 Å². The van der Waals surface area contributed by atoms with E-state index < -0.39 is 0 Å². The molecule has 0 saturated carbocycles. The summed E-state index contributed by atoms with van der Waals surface area (Å²) in [5, 5.41) is 3.43. The van der Waals surface area contributed by atoms with E-state index in [1.54, 1.807) is 7.11 Å². The minimum Gasteiger partial charge on any atom is -0.380 e. The lowest BCUT2D eigenvalue weighted by atomic mass is 9.99. The molecule has 2 rings (SSSR count). The van der Waals surface area contributed by atoms with Gasteiger partial charge in [0.05, 0.1) is 18.3 Å². The van der Waals surface area contributed by atoms with Gasteiger partial charge in [-0.3, -0.25) is 0 Å². The van der Waals surface area contributed by atoms with Crippen molar-refractivity contribution >= 4 is 0 Å². The molecule has 1 fully saturated rings. The number of nitrogens with one attached hydrogen (secondary N) is 1. The van der Waals surface area contributed by atoms with Gasteiger partial charge >= 0.3 is 0 Å². The number of morpholine rings is 1. The van der Waals surface area contributed by atoms with Crippen LogP contribution in [-0.2, 0) is 16.1 Å². The number of benzene rings is 1. The molecular formula is C14H21NO2. The highest BCUT2D eigenvalue weighted by Crippen LogP contribution is 2.29. The normalized spacial score (nSPS) is 23.6. The summed E-state index contributed by atoms with van der Waals surface area (Å²) in [7, 11) is 1.72. The third kappa shape index (κ3) is 3.06. The van der Waals surface area contributed by atoms with Crippen LogP contribution in [0.2, 0.25) is 0 Å². The van der Waals surface area contributed by atoms with Gasteiger partial charge in [0.1, 0.15) is 0 Å². The molecule has 3 heteroatoms. The summed E-state index contributed by atoms with van der Waals surface area (Å²) in [6.07, 6.45) is 0.116. The first kappa shape index (κ1) is 12.6. The molecule has 17 heavy (non-hydrogen) atoms. The summed E-state index contributed by atoms with van der Waals surface area (Å²) in [5.41, 5.74) is 2.33. The number of rotatable bonds is 3. The number of methoxy groups -OCH3 is 1. The predicted molar refractivity (Wildman–Crippen MR) is 67.9 cm³/mol. The van der Waals surface area contributed by atoms with Crippen LogP contribution in [0.1, 0.15) is 31.1 Å². The topological polar surface area (TPSA) is 30.5 Å². The summed E-state index contributed by atoms with van der Waals surface area (Å²) in [6.45, 7) is 6.63. The smallest absolute Gasteiger partial charge is 0.0960 e. The monoisotopic (exact) mass is 235 g/mol. The molecule has 1 aliphatic rings. The van der Waals surface area contributed by atoms with Gasteiger partial charge in [-0.15, -0.1) is 0 Å². The van der Waals surface area contributed by atoms with Crippen LogP contribution >= 0.6 is 0 Å². The second-order valence-electron chi connectivity index (χ2n) is 5.13. The largest absolute Gasteiger partial charge is 0.380 e. The standard InChI is InChI=1S/C14H21NO2/c1-14(2)10-15-8-13(17-14)12-7-5-4-6-11(12)9-16-3/h4-7,13,15H,8-10H2,1-3H3. The van der Waals surface area contributed by atoms with Gasteiger partial charge in [0.2, 0.25) is 0 Å². The van der Waals surface area contributed by atoms with Crippen molar-refractivity contribution in [1.82, 2.24) is 5.32 Å². The molecule has 1 unspecified atom stereocenters. The number of hydrogen-bond donors (Lipinski definition) is 1. The maximum atomic E-state index is 6.13. The van der Waals surface area contributed by atoms with Crippen molar-refractivity contribution in [3.8, 4) is 0 Å². The lowest BCUT2D eigenvalue weighted by Crippen LogP contribution is -2.47. The van der Waals surface area contributed by atoms with Gasteiger partial charge in [-0.25, -0.2) is 0 Å². The van der Waals surface area contributed by atoms with Crippen LogP contribution in [0, 0.1) is 0 Å². The molecule has 3 nitrogen and oxygen atoms in total. The molecule has 1 aliphatic heterocycles. The first-order valence-corrected chi connectivity index (χ1v) is 6.08. The highest BCUT2D eigenvalue weighted by Gasteiger charge is 2.30. The Labute approximate surface area is 103 Å². The van der Waals surface area contributed by atoms with E-state index in [-0.39, 0.29) is 11.7 Å². The fourth-order valence-corrected chi connectivity index (χ4v) is 2.28. The molecule has 1 N–H and O–H groups in total. The Hall–Kier alpha value is -0.900. The Morgan fingerprint density at radius 3 is 2.88 bits per heavy atom. The average molecular weight is 235 g/mol. The Morgan fingerprint density at radius 2 is 2.18 bits per heavy atom. The lowest BCUT2D eigenvalue weighted by molar-refractivity contribution is -0.0964. The Morgan fingerprint density at radius 1 is 1.41 bits per heavy atom. The third-order valence-corrected chi connectivity index (χ3v) is 3.04. The molecule has 1 atom stereocenters. The molecule has 1 saturated heterocycles. The fraction of sp³-hybridized carbons (Fsp3) is 0.571.